The summed E-state index contributed by atoms with van der Waals surface area (Å²) in [5.74, 6) is 1.86. The standard InChI is InChI=1S/C15H22ClN5O3S2/c1-4-17-15(19-9-13-21-10(2)11(3)24-13)18-7-8-20-26(22,23)14-6-5-12(16)25-14/h5-6,20H,4,7-9H2,1-3H3,(H2,17,18,19). The second-order valence-electron chi connectivity index (χ2n) is 5.33. The number of thiophene rings is 1. The van der Waals surface area contributed by atoms with Gasteiger partial charge in [-0.15, -0.1) is 11.3 Å². The number of guanidine groups is 1. The van der Waals surface area contributed by atoms with Crippen molar-refractivity contribution in [2.24, 2.45) is 4.99 Å². The van der Waals surface area contributed by atoms with E-state index in [1.165, 1.54) is 6.07 Å². The molecule has 8 nitrogen and oxygen atoms in total. The Hall–Kier alpha value is -1.62. The van der Waals surface area contributed by atoms with E-state index in [1.807, 2.05) is 20.8 Å². The number of hydrogen-bond donors (Lipinski definition) is 3. The minimum Gasteiger partial charge on any atom is -0.444 e. The molecule has 3 N–H and O–H groups in total. The van der Waals surface area contributed by atoms with Gasteiger partial charge >= 0.3 is 0 Å². The summed E-state index contributed by atoms with van der Waals surface area (Å²) < 4.78 is 32.8. The molecule has 2 aromatic heterocycles. The zero-order valence-electron chi connectivity index (χ0n) is 14.8. The third kappa shape index (κ3) is 5.97. The SMILES string of the molecule is CCNC(=NCc1nc(C)c(C)o1)NCCNS(=O)(=O)c1ccc(Cl)s1. The van der Waals surface area contributed by atoms with Gasteiger partial charge in [0.1, 0.15) is 16.5 Å². The molecular weight excluding hydrogens is 398 g/mol. The Labute approximate surface area is 162 Å². The van der Waals surface area contributed by atoms with Crippen molar-refractivity contribution < 1.29 is 12.8 Å². The van der Waals surface area contributed by atoms with Crippen LogP contribution in [-0.4, -0.2) is 39.0 Å². The van der Waals surface area contributed by atoms with E-state index in [0.717, 1.165) is 22.8 Å². The second-order valence-corrected chi connectivity index (χ2v) is 9.04. The zero-order valence-corrected chi connectivity index (χ0v) is 17.2. The Morgan fingerprint density at radius 3 is 2.65 bits per heavy atom. The monoisotopic (exact) mass is 419 g/mol. The number of aromatic nitrogens is 1. The minimum absolute atomic E-state index is 0.192. The highest BCUT2D eigenvalue weighted by Crippen LogP contribution is 2.25. The molecule has 0 aliphatic carbocycles. The van der Waals surface area contributed by atoms with Gasteiger partial charge in [0.2, 0.25) is 15.9 Å². The van der Waals surface area contributed by atoms with Crippen molar-refractivity contribution in [3.63, 3.8) is 0 Å². The molecule has 11 heteroatoms. The Balaban J connectivity index is 1.85. The summed E-state index contributed by atoms with van der Waals surface area (Å²) in [4.78, 5) is 8.66. The smallest absolute Gasteiger partial charge is 0.250 e. The average molecular weight is 420 g/mol. The molecule has 2 heterocycles. The number of rotatable bonds is 8. The van der Waals surface area contributed by atoms with Crippen LogP contribution in [0.15, 0.2) is 25.8 Å². The molecule has 26 heavy (non-hydrogen) atoms. The molecule has 0 saturated carbocycles. The van der Waals surface area contributed by atoms with Crippen LogP contribution in [0.4, 0.5) is 0 Å². The first-order chi connectivity index (χ1) is 12.3. The predicted octanol–water partition coefficient (Wildman–Crippen LogP) is 2.04. The highest BCUT2D eigenvalue weighted by atomic mass is 35.5. The van der Waals surface area contributed by atoms with Crippen LogP contribution in [-0.2, 0) is 16.6 Å². The fourth-order valence-corrected chi connectivity index (χ4v) is 4.53. The van der Waals surface area contributed by atoms with E-state index in [1.54, 1.807) is 6.07 Å². The maximum absolute atomic E-state index is 12.1. The van der Waals surface area contributed by atoms with E-state index < -0.39 is 10.0 Å². The molecule has 2 rings (SSSR count). The van der Waals surface area contributed by atoms with Crippen LogP contribution in [0.25, 0.3) is 0 Å². The number of nitrogens with one attached hydrogen (secondary N) is 3. The number of oxazole rings is 1. The number of aryl methyl sites for hydroxylation is 2. The summed E-state index contributed by atoms with van der Waals surface area (Å²) in [7, 11) is -3.55. The van der Waals surface area contributed by atoms with Crippen LogP contribution >= 0.6 is 22.9 Å². The first-order valence-corrected chi connectivity index (χ1v) is 10.7. The van der Waals surface area contributed by atoms with Gasteiger partial charge in [0, 0.05) is 19.6 Å². The third-order valence-electron chi connectivity index (χ3n) is 3.31. The Kier molecular flexibility index (Phi) is 7.44. The quantitative estimate of drug-likeness (QED) is 0.343. The zero-order chi connectivity index (χ0) is 19.2. The van der Waals surface area contributed by atoms with Crippen molar-refractivity contribution >= 4 is 38.9 Å². The molecule has 0 fully saturated rings. The summed E-state index contributed by atoms with van der Waals surface area (Å²) >= 11 is 6.79. The Morgan fingerprint density at radius 1 is 1.31 bits per heavy atom. The van der Waals surface area contributed by atoms with Crippen LogP contribution in [0.5, 0.6) is 0 Å². The van der Waals surface area contributed by atoms with Gasteiger partial charge in [0.05, 0.1) is 10.0 Å². The van der Waals surface area contributed by atoms with Crippen LogP contribution in [0.3, 0.4) is 0 Å². The van der Waals surface area contributed by atoms with E-state index in [9.17, 15) is 8.42 Å². The largest absolute Gasteiger partial charge is 0.444 e. The highest BCUT2D eigenvalue weighted by Gasteiger charge is 2.15. The molecule has 0 spiro atoms. The lowest BCUT2D eigenvalue weighted by molar-refractivity contribution is 0.473. The van der Waals surface area contributed by atoms with Gasteiger partial charge in [-0.1, -0.05) is 11.6 Å². The lowest BCUT2D eigenvalue weighted by Crippen LogP contribution is -2.41. The van der Waals surface area contributed by atoms with Gasteiger partial charge < -0.3 is 15.1 Å². The van der Waals surface area contributed by atoms with Crippen molar-refractivity contribution in [3.8, 4) is 0 Å². The van der Waals surface area contributed by atoms with Crippen molar-refractivity contribution in [1.82, 2.24) is 20.3 Å². The van der Waals surface area contributed by atoms with Gasteiger partial charge in [-0.2, -0.15) is 0 Å². The minimum atomic E-state index is -3.55. The Morgan fingerprint density at radius 2 is 2.08 bits per heavy atom. The van der Waals surface area contributed by atoms with Crippen molar-refractivity contribution in [1.29, 1.82) is 0 Å². The summed E-state index contributed by atoms with van der Waals surface area (Å²) in [6.07, 6.45) is 0. The summed E-state index contributed by atoms with van der Waals surface area (Å²) in [5.41, 5.74) is 0.844. The molecule has 0 atom stereocenters. The molecule has 0 amide bonds. The first kappa shape index (κ1) is 20.7. The summed E-state index contributed by atoms with van der Waals surface area (Å²) in [6, 6.07) is 3.04. The van der Waals surface area contributed by atoms with Gasteiger partial charge in [0.15, 0.2) is 5.96 Å². The maximum atomic E-state index is 12.1. The van der Waals surface area contributed by atoms with Crippen molar-refractivity contribution in [2.45, 2.75) is 31.5 Å². The predicted molar refractivity (Wildman–Crippen MR) is 103 cm³/mol. The molecule has 0 bridgehead atoms. The van der Waals surface area contributed by atoms with Crippen LogP contribution in [0.2, 0.25) is 4.34 Å². The summed E-state index contributed by atoms with van der Waals surface area (Å²) in [6.45, 7) is 7.22. The number of halogens is 1. The number of nitrogens with zero attached hydrogens (tertiary/aromatic N) is 2. The summed E-state index contributed by atoms with van der Waals surface area (Å²) in [5, 5.41) is 6.15. The van der Waals surface area contributed by atoms with Crippen molar-refractivity contribution in [2.75, 3.05) is 19.6 Å². The van der Waals surface area contributed by atoms with Gasteiger partial charge in [0.25, 0.3) is 0 Å². The molecule has 0 radical (unpaired) electrons. The third-order valence-corrected chi connectivity index (χ3v) is 6.50. The van der Waals surface area contributed by atoms with E-state index in [0.29, 0.717) is 35.8 Å². The highest BCUT2D eigenvalue weighted by molar-refractivity contribution is 7.91. The molecular formula is C15H22ClN5O3S2. The fourth-order valence-electron chi connectivity index (χ4n) is 1.97. The molecule has 0 aliphatic rings. The topological polar surface area (TPSA) is 109 Å². The van der Waals surface area contributed by atoms with E-state index in [-0.39, 0.29) is 10.8 Å². The lowest BCUT2D eigenvalue weighted by Gasteiger charge is -2.11. The molecule has 0 unspecified atom stereocenters. The van der Waals surface area contributed by atoms with Crippen LogP contribution < -0.4 is 15.4 Å². The second kappa shape index (κ2) is 9.36. The van der Waals surface area contributed by atoms with Gasteiger partial charge in [-0.05, 0) is 32.9 Å². The average Bonchev–Trinajstić information content (AvgIpc) is 3.15. The van der Waals surface area contributed by atoms with E-state index in [4.69, 9.17) is 16.0 Å². The van der Waals surface area contributed by atoms with Crippen molar-refractivity contribution in [3.05, 3.63) is 33.8 Å². The van der Waals surface area contributed by atoms with Gasteiger partial charge in [-0.25, -0.2) is 23.1 Å². The number of hydrogen-bond acceptors (Lipinski definition) is 6. The molecule has 0 aliphatic heterocycles. The Bertz CT molecular complexity index is 841. The molecule has 2 aromatic rings. The molecule has 144 valence electrons. The first-order valence-electron chi connectivity index (χ1n) is 8.02. The fraction of sp³-hybridized carbons (Fsp3) is 0.467. The maximum Gasteiger partial charge on any atom is 0.250 e. The molecule has 0 saturated heterocycles. The molecule has 0 aromatic carbocycles. The van der Waals surface area contributed by atoms with E-state index >= 15 is 0 Å². The van der Waals surface area contributed by atoms with Gasteiger partial charge in [-0.3, -0.25) is 0 Å². The number of sulfonamides is 1. The normalized spacial score (nSPS) is 12.4. The van der Waals surface area contributed by atoms with E-state index in [2.05, 4.69) is 25.3 Å². The van der Waals surface area contributed by atoms with Crippen LogP contribution in [0.1, 0.15) is 24.3 Å². The number of aliphatic imine (C=N–C) groups is 1. The van der Waals surface area contributed by atoms with Crippen LogP contribution in [0, 0.1) is 13.8 Å². The lowest BCUT2D eigenvalue weighted by atomic mass is 10.4.